The number of carbonyl (C=O) groups is 1. The Bertz CT molecular complexity index is 590. The molecule has 0 aliphatic carbocycles. The molecule has 0 heterocycles. The molecular formula is C18H20FNO. The van der Waals surface area contributed by atoms with E-state index < -0.39 is 0 Å². The summed E-state index contributed by atoms with van der Waals surface area (Å²) < 4.78 is 12.9. The maximum atomic E-state index is 12.9. The molecule has 2 aromatic rings. The number of carbonyl (C=O) groups excluding carboxylic acids is 1. The lowest BCUT2D eigenvalue weighted by molar-refractivity contribution is 0.0988. The maximum absolute atomic E-state index is 12.9. The number of ketones is 1. The summed E-state index contributed by atoms with van der Waals surface area (Å²) in [4.78, 5) is 11.6. The van der Waals surface area contributed by atoms with E-state index in [0.717, 1.165) is 23.2 Å². The fraction of sp³-hybridized carbons (Fsp3) is 0.278. The minimum atomic E-state index is -0.212. The Balaban J connectivity index is 1.94. The molecule has 0 saturated heterocycles. The van der Waals surface area contributed by atoms with E-state index in [-0.39, 0.29) is 17.6 Å². The lowest BCUT2D eigenvalue weighted by Crippen LogP contribution is -2.18. The van der Waals surface area contributed by atoms with Gasteiger partial charge in [-0.25, -0.2) is 4.39 Å². The fourth-order valence-corrected chi connectivity index (χ4v) is 2.27. The van der Waals surface area contributed by atoms with Gasteiger partial charge in [-0.2, -0.15) is 0 Å². The van der Waals surface area contributed by atoms with E-state index in [1.807, 2.05) is 31.2 Å². The van der Waals surface area contributed by atoms with Crippen molar-refractivity contribution in [3.8, 4) is 0 Å². The van der Waals surface area contributed by atoms with Crippen LogP contribution in [-0.4, -0.2) is 11.8 Å². The van der Waals surface area contributed by atoms with Crippen LogP contribution in [0.5, 0.6) is 0 Å². The number of anilines is 1. The van der Waals surface area contributed by atoms with Gasteiger partial charge in [-0.1, -0.05) is 19.1 Å². The Labute approximate surface area is 125 Å². The van der Waals surface area contributed by atoms with Gasteiger partial charge in [0.15, 0.2) is 5.78 Å². The Morgan fingerprint density at radius 1 is 1.10 bits per heavy atom. The number of Topliss-reactive ketones (excluding diaryl/α,β-unsaturated/α-hetero) is 1. The topological polar surface area (TPSA) is 29.1 Å². The van der Waals surface area contributed by atoms with E-state index >= 15 is 0 Å². The van der Waals surface area contributed by atoms with E-state index in [1.165, 1.54) is 12.1 Å². The highest BCUT2D eigenvalue weighted by atomic mass is 19.1. The van der Waals surface area contributed by atoms with Crippen molar-refractivity contribution in [3.05, 3.63) is 65.5 Å². The molecular weight excluding hydrogens is 265 g/mol. The molecule has 1 N–H and O–H groups in total. The van der Waals surface area contributed by atoms with Crippen LogP contribution < -0.4 is 5.32 Å². The van der Waals surface area contributed by atoms with Gasteiger partial charge in [-0.05, 0) is 55.3 Å². The number of hydrogen-bond donors (Lipinski definition) is 1. The van der Waals surface area contributed by atoms with Crippen LogP contribution in [0.25, 0.3) is 0 Å². The van der Waals surface area contributed by atoms with Gasteiger partial charge < -0.3 is 5.32 Å². The van der Waals surface area contributed by atoms with E-state index in [1.54, 1.807) is 12.1 Å². The van der Waals surface area contributed by atoms with Crippen LogP contribution in [0.1, 0.15) is 36.2 Å². The third kappa shape index (κ3) is 4.42. The fourth-order valence-electron chi connectivity index (χ4n) is 2.27. The predicted molar refractivity (Wildman–Crippen MR) is 84.3 cm³/mol. The zero-order valence-electron chi connectivity index (χ0n) is 12.4. The van der Waals surface area contributed by atoms with E-state index in [9.17, 15) is 9.18 Å². The first-order chi connectivity index (χ1) is 10.1. The van der Waals surface area contributed by atoms with Crippen molar-refractivity contribution >= 4 is 11.5 Å². The second-order valence-electron chi connectivity index (χ2n) is 5.23. The molecule has 1 unspecified atom stereocenters. The molecule has 0 amide bonds. The summed E-state index contributed by atoms with van der Waals surface area (Å²) in [6.07, 6.45) is 1.34. The zero-order valence-corrected chi connectivity index (χ0v) is 12.4. The molecule has 0 aromatic heterocycles. The molecule has 21 heavy (non-hydrogen) atoms. The van der Waals surface area contributed by atoms with Crippen molar-refractivity contribution in [3.63, 3.8) is 0 Å². The predicted octanol–water partition coefficient (Wildman–Crippen LogP) is 4.46. The summed E-state index contributed by atoms with van der Waals surface area (Å²) in [5, 5.41) is 3.38. The molecule has 2 aromatic carbocycles. The van der Waals surface area contributed by atoms with Crippen LogP contribution in [-0.2, 0) is 6.42 Å². The summed E-state index contributed by atoms with van der Waals surface area (Å²) in [6, 6.07) is 14.3. The van der Waals surface area contributed by atoms with E-state index in [0.29, 0.717) is 6.42 Å². The van der Waals surface area contributed by atoms with Gasteiger partial charge in [0.2, 0.25) is 0 Å². The smallest absolute Gasteiger partial charge is 0.162 e. The van der Waals surface area contributed by atoms with Gasteiger partial charge in [-0.15, -0.1) is 0 Å². The van der Waals surface area contributed by atoms with Crippen LogP contribution >= 0.6 is 0 Å². The van der Waals surface area contributed by atoms with Gasteiger partial charge in [0.1, 0.15) is 5.82 Å². The van der Waals surface area contributed by atoms with Crippen LogP contribution in [0.15, 0.2) is 48.5 Å². The lowest BCUT2D eigenvalue weighted by atomic mass is 10.1. The summed E-state index contributed by atoms with van der Waals surface area (Å²) in [6.45, 7) is 3.94. The molecule has 0 saturated carbocycles. The molecule has 0 radical (unpaired) electrons. The third-order valence-electron chi connectivity index (χ3n) is 3.40. The molecule has 3 heteroatoms. The first-order valence-electron chi connectivity index (χ1n) is 7.22. The van der Waals surface area contributed by atoms with Gasteiger partial charge in [-0.3, -0.25) is 4.79 Å². The average molecular weight is 285 g/mol. The van der Waals surface area contributed by atoms with Gasteiger partial charge in [0.05, 0.1) is 0 Å². The summed E-state index contributed by atoms with van der Waals surface area (Å²) in [5.74, 6) is -0.0588. The largest absolute Gasteiger partial charge is 0.382 e. The summed E-state index contributed by atoms with van der Waals surface area (Å²) >= 11 is 0. The number of benzene rings is 2. The molecule has 0 spiro atoms. The van der Waals surface area contributed by atoms with Gasteiger partial charge in [0.25, 0.3) is 0 Å². The molecule has 0 bridgehead atoms. The minimum Gasteiger partial charge on any atom is -0.382 e. The van der Waals surface area contributed by atoms with Gasteiger partial charge >= 0.3 is 0 Å². The highest BCUT2D eigenvalue weighted by molar-refractivity contribution is 5.96. The normalized spacial score (nSPS) is 12.0. The average Bonchev–Trinajstić information content (AvgIpc) is 2.49. The monoisotopic (exact) mass is 285 g/mol. The van der Waals surface area contributed by atoms with Crippen LogP contribution in [0, 0.1) is 5.82 Å². The molecule has 110 valence electrons. The highest BCUT2D eigenvalue weighted by Crippen LogP contribution is 2.14. The molecule has 2 rings (SSSR count). The Kier molecular flexibility index (Phi) is 5.09. The third-order valence-corrected chi connectivity index (χ3v) is 3.40. The molecule has 0 aliphatic rings. The molecule has 2 nitrogen and oxygen atoms in total. The number of hydrogen-bond acceptors (Lipinski definition) is 2. The molecule has 0 aliphatic heterocycles. The quantitative estimate of drug-likeness (QED) is 0.794. The van der Waals surface area contributed by atoms with Crippen molar-refractivity contribution in [1.82, 2.24) is 0 Å². The van der Waals surface area contributed by atoms with Crippen LogP contribution in [0.4, 0.5) is 10.1 Å². The van der Waals surface area contributed by atoms with Crippen LogP contribution in [0.3, 0.4) is 0 Å². The van der Waals surface area contributed by atoms with Crippen molar-refractivity contribution in [2.24, 2.45) is 0 Å². The van der Waals surface area contributed by atoms with Crippen molar-refractivity contribution in [2.75, 3.05) is 5.32 Å². The Morgan fingerprint density at radius 3 is 2.29 bits per heavy atom. The first kappa shape index (κ1) is 15.2. The van der Waals surface area contributed by atoms with Crippen molar-refractivity contribution < 1.29 is 9.18 Å². The zero-order chi connectivity index (χ0) is 15.2. The van der Waals surface area contributed by atoms with Crippen molar-refractivity contribution in [1.29, 1.82) is 0 Å². The number of halogens is 1. The van der Waals surface area contributed by atoms with Gasteiger partial charge in [0, 0.05) is 23.7 Å². The summed E-state index contributed by atoms with van der Waals surface area (Å²) in [7, 11) is 0. The van der Waals surface area contributed by atoms with Crippen LogP contribution in [0.2, 0.25) is 0 Å². The number of nitrogens with one attached hydrogen (secondary N) is 1. The molecule has 1 atom stereocenters. The molecule has 0 fully saturated rings. The van der Waals surface area contributed by atoms with E-state index in [4.69, 9.17) is 0 Å². The Morgan fingerprint density at radius 2 is 1.71 bits per heavy atom. The first-order valence-corrected chi connectivity index (χ1v) is 7.22. The SMILES string of the molecule is CCC(=O)c1ccc(NC(C)Cc2ccc(F)cc2)cc1. The minimum absolute atomic E-state index is 0.154. The lowest BCUT2D eigenvalue weighted by Gasteiger charge is -2.15. The summed E-state index contributed by atoms with van der Waals surface area (Å²) in [5.41, 5.74) is 2.82. The van der Waals surface area contributed by atoms with E-state index in [2.05, 4.69) is 12.2 Å². The number of rotatable bonds is 6. The standard InChI is InChI=1S/C18H20FNO/c1-3-18(21)15-6-10-17(11-7-15)20-13(2)12-14-4-8-16(19)9-5-14/h4-11,13,20H,3,12H2,1-2H3. The maximum Gasteiger partial charge on any atom is 0.162 e. The second kappa shape index (κ2) is 7.02. The highest BCUT2D eigenvalue weighted by Gasteiger charge is 2.06. The Hall–Kier alpha value is -2.16. The van der Waals surface area contributed by atoms with Crippen molar-refractivity contribution in [2.45, 2.75) is 32.7 Å². The second-order valence-corrected chi connectivity index (χ2v) is 5.23.